The Balaban J connectivity index is 1.35. The molecule has 3 heterocycles. The number of thiophene rings is 1. The lowest BCUT2D eigenvalue weighted by atomic mass is 10.1. The molecule has 2 aliphatic heterocycles. The second-order valence-corrected chi connectivity index (χ2v) is 8.36. The highest BCUT2D eigenvalue weighted by Gasteiger charge is 2.30. The zero-order valence-corrected chi connectivity index (χ0v) is 13.9. The van der Waals surface area contributed by atoms with Gasteiger partial charge >= 0.3 is 0 Å². The molecule has 1 aromatic rings. The Morgan fingerprint density at radius 3 is 3.00 bits per heavy atom. The summed E-state index contributed by atoms with van der Waals surface area (Å²) in [7, 11) is 0. The number of piperazine rings is 1. The Hall–Kier alpha value is -0.420. The van der Waals surface area contributed by atoms with E-state index in [2.05, 4.69) is 28.1 Å². The van der Waals surface area contributed by atoms with Gasteiger partial charge in [0.05, 0.1) is 0 Å². The molecule has 1 atom stereocenters. The van der Waals surface area contributed by atoms with Crippen LogP contribution in [0.4, 0.5) is 0 Å². The zero-order valence-electron chi connectivity index (χ0n) is 13.1. The molecule has 1 N–H and O–H groups in total. The van der Waals surface area contributed by atoms with E-state index < -0.39 is 0 Å². The van der Waals surface area contributed by atoms with Crippen molar-refractivity contribution in [3.8, 4) is 0 Å². The summed E-state index contributed by atoms with van der Waals surface area (Å²) in [6.07, 6.45) is 5.58. The third kappa shape index (κ3) is 3.34. The minimum Gasteiger partial charge on any atom is -0.309 e. The molecule has 4 rings (SSSR count). The standard InChI is InChI=1S/C17H27N3S/c1-13-14(9-17(21-13)10-18-15-4-5-15)11-19-7-8-20-6-2-3-16(20)12-19/h9,15-16,18H,2-8,10-12H2,1H3. The van der Waals surface area contributed by atoms with Crippen LogP contribution >= 0.6 is 11.3 Å². The van der Waals surface area contributed by atoms with Gasteiger partial charge in [0.25, 0.3) is 0 Å². The third-order valence-corrected chi connectivity index (χ3v) is 6.37. The van der Waals surface area contributed by atoms with Gasteiger partial charge in [-0.1, -0.05) is 0 Å². The Morgan fingerprint density at radius 2 is 2.14 bits per heavy atom. The van der Waals surface area contributed by atoms with Crippen molar-refractivity contribution in [3.63, 3.8) is 0 Å². The van der Waals surface area contributed by atoms with Gasteiger partial charge in [-0.05, 0) is 50.8 Å². The van der Waals surface area contributed by atoms with Crippen LogP contribution in [0.2, 0.25) is 0 Å². The van der Waals surface area contributed by atoms with E-state index in [1.165, 1.54) is 61.6 Å². The summed E-state index contributed by atoms with van der Waals surface area (Å²) < 4.78 is 0. The number of rotatable bonds is 5. The van der Waals surface area contributed by atoms with Crippen LogP contribution in [0, 0.1) is 6.92 Å². The van der Waals surface area contributed by atoms with E-state index in [1.807, 2.05) is 11.3 Å². The predicted octanol–water partition coefficient (Wildman–Crippen LogP) is 2.59. The number of aryl methyl sites for hydroxylation is 1. The molecular formula is C17H27N3S. The van der Waals surface area contributed by atoms with Crippen molar-refractivity contribution < 1.29 is 0 Å². The van der Waals surface area contributed by atoms with E-state index in [9.17, 15) is 0 Å². The molecule has 1 unspecified atom stereocenters. The summed E-state index contributed by atoms with van der Waals surface area (Å²) in [4.78, 5) is 8.42. The lowest BCUT2D eigenvalue weighted by Crippen LogP contribution is -2.49. The first-order valence-electron chi connectivity index (χ1n) is 8.56. The van der Waals surface area contributed by atoms with Gasteiger partial charge in [-0.15, -0.1) is 11.3 Å². The van der Waals surface area contributed by atoms with Gasteiger partial charge in [0, 0.05) is 54.6 Å². The zero-order chi connectivity index (χ0) is 14.2. The fourth-order valence-corrected chi connectivity index (χ4v) is 4.81. The number of nitrogens with zero attached hydrogens (tertiary/aromatic N) is 2. The summed E-state index contributed by atoms with van der Waals surface area (Å²) in [5.41, 5.74) is 1.57. The highest BCUT2D eigenvalue weighted by molar-refractivity contribution is 7.12. The van der Waals surface area contributed by atoms with Gasteiger partial charge in [-0.25, -0.2) is 0 Å². The Kier molecular flexibility index (Phi) is 4.05. The Bertz CT molecular complexity index is 494. The lowest BCUT2D eigenvalue weighted by molar-refractivity contribution is 0.0993. The number of hydrogen-bond donors (Lipinski definition) is 1. The first kappa shape index (κ1) is 14.2. The van der Waals surface area contributed by atoms with Gasteiger partial charge in [0.15, 0.2) is 0 Å². The number of nitrogens with one attached hydrogen (secondary N) is 1. The largest absolute Gasteiger partial charge is 0.309 e. The minimum absolute atomic E-state index is 0.811. The maximum absolute atomic E-state index is 3.64. The van der Waals surface area contributed by atoms with Crippen molar-refractivity contribution >= 4 is 11.3 Å². The molecule has 3 aliphatic rings. The smallest absolute Gasteiger partial charge is 0.0302 e. The lowest BCUT2D eigenvalue weighted by Gasteiger charge is -2.37. The first-order valence-corrected chi connectivity index (χ1v) is 9.37. The molecule has 0 spiro atoms. The van der Waals surface area contributed by atoms with Gasteiger partial charge in [0.2, 0.25) is 0 Å². The van der Waals surface area contributed by atoms with Crippen LogP contribution in [0.1, 0.15) is 41.0 Å². The molecular weight excluding hydrogens is 278 g/mol. The fraction of sp³-hybridized carbons (Fsp3) is 0.765. The van der Waals surface area contributed by atoms with Crippen molar-refractivity contribution in [2.24, 2.45) is 0 Å². The molecule has 0 amide bonds. The van der Waals surface area contributed by atoms with Gasteiger partial charge < -0.3 is 5.32 Å². The number of fused-ring (bicyclic) bond motifs is 1. The van der Waals surface area contributed by atoms with Gasteiger partial charge in [0.1, 0.15) is 0 Å². The second kappa shape index (κ2) is 5.99. The molecule has 2 saturated heterocycles. The third-order valence-electron chi connectivity index (χ3n) is 5.28. The highest BCUT2D eigenvalue weighted by atomic mass is 32.1. The summed E-state index contributed by atoms with van der Waals surface area (Å²) in [6.45, 7) is 9.69. The van der Waals surface area contributed by atoms with Crippen LogP contribution < -0.4 is 5.32 Å². The molecule has 1 aromatic heterocycles. The molecule has 21 heavy (non-hydrogen) atoms. The Labute approximate surface area is 132 Å². The molecule has 116 valence electrons. The average Bonchev–Trinajstić information content (AvgIpc) is 3.08. The maximum atomic E-state index is 3.64. The quantitative estimate of drug-likeness (QED) is 0.902. The molecule has 1 saturated carbocycles. The molecule has 0 aromatic carbocycles. The SMILES string of the molecule is Cc1sc(CNC2CC2)cc1CN1CCN2CCCC2C1. The van der Waals surface area contributed by atoms with E-state index in [0.29, 0.717) is 0 Å². The van der Waals surface area contributed by atoms with E-state index in [1.54, 1.807) is 5.56 Å². The maximum Gasteiger partial charge on any atom is 0.0302 e. The van der Waals surface area contributed by atoms with Crippen molar-refractivity contribution in [1.29, 1.82) is 0 Å². The number of hydrogen-bond acceptors (Lipinski definition) is 4. The molecule has 3 nitrogen and oxygen atoms in total. The van der Waals surface area contributed by atoms with Crippen molar-refractivity contribution in [2.45, 2.75) is 57.8 Å². The van der Waals surface area contributed by atoms with Crippen molar-refractivity contribution in [1.82, 2.24) is 15.1 Å². The summed E-state index contributed by atoms with van der Waals surface area (Å²) >= 11 is 1.99. The average molecular weight is 305 g/mol. The van der Waals surface area contributed by atoms with E-state index in [-0.39, 0.29) is 0 Å². The van der Waals surface area contributed by atoms with Crippen LogP contribution in [0.15, 0.2) is 6.07 Å². The van der Waals surface area contributed by atoms with Crippen LogP contribution in [0.25, 0.3) is 0 Å². The predicted molar refractivity (Wildman–Crippen MR) is 88.8 cm³/mol. The van der Waals surface area contributed by atoms with Gasteiger partial charge in [-0.2, -0.15) is 0 Å². The topological polar surface area (TPSA) is 18.5 Å². The van der Waals surface area contributed by atoms with Crippen molar-refractivity contribution in [2.75, 3.05) is 26.2 Å². The van der Waals surface area contributed by atoms with Crippen LogP contribution in [0.5, 0.6) is 0 Å². The van der Waals surface area contributed by atoms with Crippen LogP contribution in [0.3, 0.4) is 0 Å². The van der Waals surface area contributed by atoms with Gasteiger partial charge in [-0.3, -0.25) is 9.80 Å². The molecule has 1 aliphatic carbocycles. The first-order chi connectivity index (χ1) is 10.3. The van der Waals surface area contributed by atoms with E-state index in [0.717, 1.165) is 25.2 Å². The molecule has 0 radical (unpaired) electrons. The Morgan fingerprint density at radius 1 is 1.24 bits per heavy atom. The second-order valence-electron chi connectivity index (χ2n) is 7.02. The summed E-state index contributed by atoms with van der Waals surface area (Å²) in [5, 5.41) is 3.64. The fourth-order valence-electron chi connectivity index (χ4n) is 3.80. The van der Waals surface area contributed by atoms with E-state index in [4.69, 9.17) is 0 Å². The molecule has 4 heteroatoms. The van der Waals surface area contributed by atoms with E-state index >= 15 is 0 Å². The van der Waals surface area contributed by atoms with Crippen molar-refractivity contribution in [3.05, 3.63) is 21.4 Å². The normalized spacial score (nSPS) is 27.2. The molecule has 0 bridgehead atoms. The monoisotopic (exact) mass is 305 g/mol. The van der Waals surface area contributed by atoms with Crippen LogP contribution in [-0.2, 0) is 13.1 Å². The highest BCUT2D eigenvalue weighted by Crippen LogP contribution is 2.27. The van der Waals surface area contributed by atoms with Crippen LogP contribution in [-0.4, -0.2) is 48.1 Å². The summed E-state index contributed by atoms with van der Waals surface area (Å²) in [5.74, 6) is 0. The summed E-state index contributed by atoms with van der Waals surface area (Å²) in [6, 6.07) is 4.11. The minimum atomic E-state index is 0.811. The molecule has 3 fully saturated rings.